The van der Waals surface area contributed by atoms with Crippen LogP contribution >= 0.6 is 11.3 Å². The summed E-state index contributed by atoms with van der Waals surface area (Å²) < 4.78 is 5.60. The van der Waals surface area contributed by atoms with Crippen LogP contribution in [0.15, 0.2) is 41.8 Å². The van der Waals surface area contributed by atoms with Crippen LogP contribution in [0, 0.1) is 0 Å². The zero-order valence-electron chi connectivity index (χ0n) is 12.0. The third-order valence-corrected chi connectivity index (χ3v) is 3.90. The van der Waals surface area contributed by atoms with E-state index < -0.39 is 5.97 Å². The lowest BCUT2D eigenvalue weighted by Gasteiger charge is -2.15. The Balaban J connectivity index is 1.69. The van der Waals surface area contributed by atoms with Gasteiger partial charge in [-0.25, -0.2) is 4.79 Å². The van der Waals surface area contributed by atoms with Crippen molar-refractivity contribution in [3.05, 3.63) is 52.2 Å². The molecule has 0 saturated carbocycles. The molecule has 0 saturated heterocycles. The highest BCUT2D eigenvalue weighted by Gasteiger charge is 2.04. The van der Waals surface area contributed by atoms with Crippen LogP contribution in [0.2, 0.25) is 0 Å². The number of carboxylic acid groups (broad SMARTS) is 1. The van der Waals surface area contributed by atoms with Crippen LogP contribution in [0.5, 0.6) is 5.75 Å². The van der Waals surface area contributed by atoms with Gasteiger partial charge in [-0.15, -0.1) is 11.3 Å². The van der Waals surface area contributed by atoms with E-state index in [1.54, 1.807) is 35.6 Å². The Morgan fingerprint density at radius 3 is 2.90 bits per heavy atom. The summed E-state index contributed by atoms with van der Waals surface area (Å²) in [4.78, 5) is 14.5. The normalized spacial score (nSPS) is 10.8. The van der Waals surface area contributed by atoms with E-state index in [4.69, 9.17) is 9.84 Å². The maximum atomic E-state index is 10.9. The molecule has 1 aromatic carbocycles. The summed E-state index contributed by atoms with van der Waals surface area (Å²) >= 11 is 1.76. The Bertz CT molecular complexity index is 569. The molecule has 0 atom stereocenters. The van der Waals surface area contributed by atoms with Gasteiger partial charge in [-0.2, -0.15) is 0 Å². The van der Waals surface area contributed by atoms with E-state index in [1.165, 1.54) is 4.88 Å². The minimum atomic E-state index is -0.934. The molecule has 112 valence electrons. The second-order valence-corrected chi connectivity index (χ2v) is 5.88. The van der Waals surface area contributed by atoms with Crippen LogP contribution in [0.4, 0.5) is 0 Å². The number of nitrogens with zero attached hydrogens (tertiary/aromatic N) is 1. The number of rotatable bonds is 8. The van der Waals surface area contributed by atoms with Crippen molar-refractivity contribution < 1.29 is 14.6 Å². The molecule has 0 aliphatic carbocycles. The van der Waals surface area contributed by atoms with Crippen LogP contribution in [-0.4, -0.2) is 36.2 Å². The maximum absolute atomic E-state index is 10.9. The van der Waals surface area contributed by atoms with E-state index >= 15 is 0 Å². The molecule has 0 unspecified atom stereocenters. The van der Waals surface area contributed by atoms with Gasteiger partial charge in [-0.3, -0.25) is 0 Å². The summed E-state index contributed by atoms with van der Waals surface area (Å²) in [6.45, 7) is 2.47. The second-order valence-electron chi connectivity index (χ2n) is 4.85. The highest BCUT2D eigenvalue weighted by molar-refractivity contribution is 7.09. The summed E-state index contributed by atoms with van der Waals surface area (Å²) in [5.41, 5.74) is 0.252. The highest BCUT2D eigenvalue weighted by atomic mass is 32.1. The summed E-state index contributed by atoms with van der Waals surface area (Å²) in [6, 6.07) is 10.8. The Labute approximate surface area is 128 Å². The third kappa shape index (κ3) is 5.21. The van der Waals surface area contributed by atoms with Crippen LogP contribution < -0.4 is 4.74 Å². The van der Waals surface area contributed by atoms with Crippen LogP contribution in [0.25, 0.3) is 0 Å². The standard InChI is InChI=1S/C16H19NO3S/c1-17(12-15-7-3-10-21-15)8-4-9-20-14-6-2-5-13(11-14)16(18)19/h2-3,5-7,10-11H,4,8-9,12H2,1H3,(H,18,19). The molecule has 0 fully saturated rings. The Morgan fingerprint density at radius 2 is 2.19 bits per heavy atom. The van der Waals surface area contributed by atoms with E-state index in [0.29, 0.717) is 12.4 Å². The Kier molecular flexibility index (Phi) is 5.78. The van der Waals surface area contributed by atoms with E-state index in [9.17, 15) is 4.79 Å². The summed E-state index contributed by atoms with van der Waals surface area (Å²) in [5, 5.41) is 11.0. The molecule has 0 radical (unpaired) electrons. The van der Waals surface area contributed by atoms with E-state index in [2.05, 4.69) is 29.5 Å². The lowest BCUT2D eigenvalue weighted by atomic mass is 10.2. The number of benzene rings is 1. The fourth-order valence-corrected chi connectivity index (χ4v) is 2.78. The SMILES string of the molecule is CN(CCCOc1cccc(C(=O)O)c1)Cc1cccs1. The Hall–Kier alpha value is -1.85. The molecule has 1 aromatic heterocycles. The number of hydrogen-bond donors (Lipinski definition) is 1. The number of thiophene rings is 1. The quantitative estimate of drug-likeness (QED) is 0.760. The number of carbonyl (C=O) groups is 1. The summed E-state index contributed by atoms with van der Waals surface area (Å²) in [6.07, 6.45) is 0.902. The van der Waals surface area contributed by atoms with E-state index in [0.717, 1.165) is 19.5 Å². The van der Waals surface area contributed by atoms with E-state index in [-0.39, 0.29) is 5.56 Å². The lowest BCUT2D eigenvalue weighted by molar-refractivity contribution is 0.0696. The van der Waals surface area contributed by atoms with Crippen LogP contribution in [0.1, 0.15) is 21.7 Å². The monoisotopic (exact) mass is 305 g/mol. The zero-order chi connectivity index (χ0) is 15.1. The van der Waals surface area contributed by atoms with Crippen molar-refractivity contribution in [1.29, 1.82) is 0 Å². The third-order valence-electron chi connectivity index (χ3n) is 3.04. The Morgan fingerprint density at radius 1 is 1.33 bits per heavy atom. The van der Waals surface area contributed by atoms with Gasteiger partial charge in [0, 0.05) is 18.0 Å². The average molecular weight is 305 g/mol. The molecule has 0 bridgehead atoms. The van der Waals surface area contributed by atoms with Crippen molar-refractivity contribution in [2.24, 2.45) is 0 Å². The first-order valence-electron chi connectivity index (χ1n) is 6.82. The number of hydrogen-bond acceptors (Lipinski definition) is 4. The zero-order valence-corrected chi connectivity index (χ0v) is 12.8. The van der Waals surface area contributed by atoms with Gasteiger partial charge in [0.2, 0.25) is 0 Å². The molecule has 5 heteroatoms. The maximum Gasteiger partial charge on any atom is 0.335 e. The topological polar surface area (TPSA) is 49.8 Å². The smallest absolute Gasteiger partial charge is 0.335 e. The molecule has 1 heterocycles. The minimum Gasteiger partial charge on any atom is -0.494 e. The first kappa shape index (κ1) is 15.5. The predicted molar refractivity (Wildman–Crippen MR) is 84.2 cm³/mol. The first-order chi connectivity index (χ1) is 10.1. The first-order valence-corrected chi connectivity index (χ1v) is 7.70. The van der Waals surface area contributed by atoms with Gasteiger partial charge in [0.05, 0.1) is 12.2 Å². The highest BCUT2D eigenvalue weighted by Crippen LogP contribution is 2.14. The summed E-state index contributed by atoms with van der Waals surface area (Å²) in [7, 11) is 2.09. The molecular weight excluding hydrogens is 286 g/mol. The predicted octanol–water partition coefficient (Wildman–Crippen LogP) is 3.35. The van der Waals surface area contributed by atoms with Gasteiger partial charge in [0.15, 0.2) is 0 Å². The van der Waals surface area contributed by atoms with Crippen molar-refractivity contribution >= 4 is 17.3 Å². The molecule has 1 N–H and O–H groups in total. The molecule has 2 aromatic rings. The van der Waals surface area contributed by atoms with Crippen LogP contribution in [-0.2, 0) is 6.54 Å². The molecule has 4 nitrogen and oxygen atoms in total. The van der Waals surface area contributed by atoms with Crippen LogP contribution in [0.3, 0.4) is 0 Å². The van der Waals surface area contributed by atoms with Gasteiger partial charge in [0.25, 0.3) is 0 Å². The number of ether oxygens (including phenoxy) is 1. The number of carboxylic acids is 1. The summed E-state index contributed by atoms with van der Waals surface area (Å²) in [5.74, 6) is -0.327. The molecule has 0 spiro atoms. The van der Waals surface area contributed by atoms with Crippen molar-refractivity contribution in [3.8, 4) is 5.75 Å². The van der Waals surface area contributed by atoms with Crippen molar-refractivity contribution in [3.63, 3.8) is 0 Å². The number of aromatic carboxylic acids is 1. The van der Waals surface area contributed by atoms with Crippen molar-refractivity contribution in [1.82, 2.24) is 4.90 Å². The molecule has 0 amide bonds. The van der Waals surface area contributed by atoms with Crippen molar-refractivity contribution in [2.75, 3.05) is 20.2 Å². The van der Waals surface area contributed by atoms with Gasteiger partial charge < -0.3 is 14.7 Å². The largest absolute Gasteiger partial charge is 0.494 e. The van der Waals surface area contributed by atoms with Crippen molar-refractivity contribution in [2.45, 2.75) is 13.0 Å². The molecular formula is C16H19NO3S. The van der Waals surface area contributed by atoms with Gasteiger partial charge in [0.1, 0.15) is 5.75 Å². The lowest BCUT2D eigenvalue weighted by Crippen LogP contribution is -2.20. The fourth-order valence-electron chi connectivity index (χ4n) is 1.99. The molecule has 2 rings (SSSR count). The average Bonchev–Trinajstić information content (AvgIpc) is 2.97. The van der Waals surface area contributed by atoms with Gasteiger partial charge in [-0.1, -0.05) is 12.1 Å². The van der Waals surface area contributed by atoms with E-state index in [1.807, 2.05) is 0 Å². The molecule has 0 aliphatic rings. The van der Waals surface area contributed by atoms with Gasteiger partial charge in [-0.05, 0) is 43.1 Å². The minimum absolute atomic E-state index is 0.252. The fraction of sp³-hybridized carbons (Fsp3) is 0.312. The molecule has 21 heavy (non-hydrogen) atoms. The molecule has 0 aliphatic heterocycles. The second kappa shape index (κ2) is 7.81. The van der Waals surface area contributed by atoms with Gasteiger partial charge >= 0.3 is 5.97 Å².